The SMILES string of the molecule is C1=C(c2cccnn2)CC2(C1)CCCN2. The maximum atomic E-state index is 4.17. The zero-order chi connectivity index (χ0) is 10.1. The van der Waals surface area contributed by atoms with E-state index in [1.54, 1.807) is 6.20 Å². The molecule has 2 heterocycles. The zero-order valence-electron chi connectivity index (χ0n) is 8.74. The van der Waals surface area contributed by atoms with Crippen LogP contribution in [-0.2, 0) is 0 Å². The third-order valence-electron chi connectivity index (χ3n) is 3.50. The second kappa shape index (κ2) is 3.42. The smallest absolute Gasteiger partial charge is 0.0886 e. The molecule has 1 aromatic rings. The molecule has 15 heavy (non-hydrogen) atoms. The Kier molecular flexibility index (Phi) is 2.06. The molecule has 1 spiro atoms. The molecular weight excluding hydrogens is 186 g/mol. The van der Waals surface area contributed by atoms with Gasteiger partial charge < -0.3 is 5.32 Å². The van der Waals surface area contributed by atoms with Crippen LogP contribution in [0.4, 0.5) is 0 Å². The van der Waals surface area contributed by atoms with Crippen LogP contribution in [0, 0.1) is 0 Å². The van der Waals surface area contributed by atoms with Crippen molar-refractivity contribution in [1.29, 1.82) is 0 Å². The van der Waals surface area contributed by atoms with Crippen LogP contribution in [0.5, 0.6) is 0 Å². The first-order chi connectivity index (χ1) is 7.38. The quantitative estimate of drug-likeness (QED) is 0.752. The molecule has 3 nitrogen and oxygen atoms in total. The van der Waals surface area contributed by atoms with Gasteiger partial charge in [-0.25, -0.2) is 0 Å². The first-order valence-electron chi connectivity index (χ1n) is 5.60. The number of nitrogens with one attached hydrogen (secondary N) is 1. The van der Waals surface area contributed by atoms with Crippen LogP contribution in [0.2, 0.25) is 0 Å². The Bertz CT molecular complexity index is 377. The molecule has 1 saturated heterocycles. The fourth-order valence-electron chi connectivity index (χ4n) is 2.69. The van der Waals surface area contributed by atoms with Crippen LogP contribution < -0.4 is 5.32 Å². The molecule has 0 amide bonds. The molecule has 0 radical (unpaired) electrons. The fourth-order valence-corrected chi connectivity index (χ4v) is 2.69. The van der Waals surface area contributed by atoms with Gasteiger partial charge in [0.05, 0.1) is 5.69 Å². The zero-order valence-corrected chi connectivity index (χ0v) is 8.74. The third kappa shape index (κ3) is 1.57. The number of hydrogen-bond donors (Lipinski definition) is 1. The summed E-state index contributed by atoms with van der Waals surface area (Å²) in [6, 6.07) is 4.00. The van der Waals surface area contributed by atoms with Crippen LogP contribution in [0.15, 0.2) is 24.4 Å². The Hall–Kier alpha value is -1.22. The molecule has 2 aliphatic rings. The van der Waals surface area contributed by atoms with Crippen LogP contribution in [0.1, 0.15) is 31.4 Å². The van der Waals surface area contributed by atoms with E-state index < -0.39 is 0 Å². The average Bonchev–Trinajstić information content (AvgIpc) is 2.91. The van der Waals surface area contributed by atoms with Crippen molar-refractivity contribution in [2.24, 2.45) is 0 Å². The normalized spacial score (nSPS) is 29.7. The molecule has 1 aliphatic heterocycles. The predicted octanol–water partition coefficient (Wildman–Crippen LogP) is 1.78. The number of aromatic nitrogens is 2. The fraction of sp³-hybridized carbons (Fsp3) is 0.500. The standard InChI is InChI=1S/C12H15N3/c1-3-11(15-14-8-1)10-4-6-12(9-10)5-2-7-13-12/h1,3-4,8,13H,2,5-7,9H2. The third-order valence-corrected chi connectivity index (χ3v) is 3.50. The molecule has 0 bridgehead atoms. The van der Waals surface area contributed by atoms with Crippen molar-refractivity contribution in [2.45, 2.75) is 31.2 Å². The summed E-state index contributed by atoms with van der Waals surface area (Å²) in [6.45, 7) is 1.17. The lowest BCUT2D eigenvalue weighted by molar-refractivity contribution is 0.405. The second-order valence-electron chi connectivity index (χ2n) is 4.53. The van der Waals surface area contributed by atoms with Gasteiger partial charge in [0, 0.05) is 11.7 Å². The van der Waals surface area contributed by atoms with E-state index in [1.165, 1.54) is 25.0 Å². The van der Waals surface area contributed by atoms with Gasteiger partial charge in [0.25, 0.3) is 0 Å². The van der Waals surface area contributed by atoms with Crippen molar-refractivity contribution in [3.8, 4) is 0 Å². The van der Waals surface area contributed by atoms with E-state index in [2.05, 4.69) is 21.6 Å². The molecule has 0 aromatic carbocycles. The van der Waals surface area contributed by atoms with Crippen molar-refractivity contribution in [3.05, 3.63) is 30.1 Å². The van der Waals surface area contributed by atoms with E-state index in [0.29, 0.717) is 5.54 Å². The van der Waals surface area contributed by atoms with Crippen LogP contribution in [0.3, 0.4) is 0 Å². The molecule has 0 saturated carbocycles. The van der Waals surface area contributed by atoms with Gasteiger partial charge in [0.15, 0.2) is 0 Å². The molecule has 1 aromatic heterocycles. The minimum Gasteiger partial charge on any atom is -0.311 e. The predicted molar refractivity (Wildman–Crippen MR) is 59.2 cm³/mol. The van der Waals surface area contributed by atoms with Crippen molar-refractivity contribution in [3.63, 3.8) is 0 Å². The summed E-state index contributed by atoms with van der Waals surface area (Å²) in [6.07, 6.45) is 8.92. The number of rotatable bonds is 1. The number of hydrogen-bond acceptors (Lipinski definition) is 3. The minimum atomic E-state index is 0.354. The molecule has 1 atom stereocenters. The molecule has 1 unspecified atom stereocenters. The molecule has 1 N–H and O–H groups in total. The molecule has 78 valence electrons. The lowest BCUT2D eigenvalue weighted by Gasteiger charge is -2.23. The van der Waals surface area contributed by atoms with Crippen molar-refractivity contribution in [2.75, 3.05) is 6.54 Å². The van der Waals surface area contributed by atoms with E-state index in [1.807, 2.05) is 12.1 Å². The summed E-state index contributed by atoms with van der Waals surface area (Å²) in [5, 5.41) is 11.7. The Balaban J connectivity index is 1.81. The van der Waals surface area contributed by atoms with Crippen LogP contribution >= 0.6 is 0 Å². The summed E-state index contributed by atoms with van der Waals surface area (Å²) in [7, 11) is 0. The van der Waals surface area contributed by atoms with Crippen LogP contribution in [-0.4, -0.2) is 22.3 Å². The summed E-state index contributed by atoms with van der Waals surface area (Å²) < 4.78 is 0. The van der Waals surface area contributed by atoms with E-state index in [0.717, 1.165) is 18.5 Å². The summed E-state index contributed by atoms with van der Waals surface area (Å²) >= 11 is 0. The van der Waals surface area contributed by atoms with Gasteiger partial charge in [-0.3, -0.25) is 0 Å². The van der Waals surface area contributed by atoms with Crippen molar-refractivity contribution < 1.29 is 0 Å². The van der Waals surface area contributed by atoms with Gasteiger partial charge >= 0.3 is 0 Å². The minimum absolute atomic E-state index is 0.354. The maximum absolute atomic E-state index is 4.17. The van der Waals surface area contributed by atoms with Gasteiger partial charge in [-0.2, -0.15) is 10.2 Å². The summed E-state index contributed by atoms with van der Waals surface area (Å²) in [5.74, 6) is 0. The average molecular weight is 201 g/mol. The second-order valence-corrected chi connectivity index (χ2v) is 4.53. The Labute approximate surface area is 89.6 Å². The Morgan fingerprint density at radius 3 is 3.13 bits per heavy atom. The first kappa shape index (κ1) is 9.04. The van der Waals surface area contributed by atoms with Gasteiger partial charge in [-0.05, 0) is 49.9 Å². The van der Waals surface area contributed by atoms with Crippen molar-refractivity contribution in [1.82, 2.24) is 15.5 Å². The highest BCUT2D eigenvalue weighted by Crippen LogP contribution is 2.39. The number of nitrogens with zero attached hydrogens (tertiary/aromatic N) is 2. The van der Waals surface area contributed by atoms with E-state index in [4.69, 9.17) is 0 Å². The molecule has 1 fully saturated rings. The largest absolute Gasteiger partial charge is 0.311 e. The van der Waals surface area contributed by atoms with Gasteiger partial charge in [0.2, 0.25) is 0 Å². The first-order valence-corrected chi connectivity index (χ1v) is 5.60. The lowest BCUT2D eigenvalue weighted by Crippen LogP contribution is -2.36. The van der Waals surface area contributed by atoms with Gasteiger partial charge in [-0.15, -0.1) is 0 Å². The van der Waals surface area contributed by atoms with Gasteiger partial charge in [-0.1, -0.05) is 6.08 Å². The molecule has 3 rings (SSSR count). The van der Waals surface area contributed by atoms with Crippen LogP contribution in [0.25, 0.3) is 5.57 Å². The maximum Gasteiger partial charge on any atom is 0.0886 e. The molecular formula is C12H15N3. The van der Waals surface area contributed by atoms with E-state index in [-0.39, 0.29) is 0 Å². The summed E-state index contributed by atoms with van der Waals surface area (Å²) in [4.78, 5) is 0. The highest BCUT2D eigenvalue weighted by atomic mass is 15.1. The topological polar surface area (TPSA) is 37.8 Å². The monoisotopic (exact) mass is 201 g/mol. The van der Waals surface area contributed by atoms with E-state index in [9.17, 15) is 0 Å². The highest BCUT2D eigenvalue weighted by Gasteiger charge is 2.37. The highest BCUT2D eigenvalue weighted by molar-refractivity contribution is 5.66. The van der Waals surface area contributed by atoms with E-state index >= 15 is 0 Å². The Morgan fingerprint density at radius 1 is 1.40 bits per heavy atom. The molecule has 1 aliphatic carbocycles. The lowest BCUT2D eigenvalue weighted by atomic mass is 9.93. The van der Waals surface area contributed by atoms with Crippen molar-refractivity contribution >= 4 is 5.57 Å². The van der Waals surface area contributed by atoms with Gasteiger partial charge in [0.1, 0.15) is 0 Å². The Morgan fingerprint density at radius 2 is 2.40 bits per heavy atom. The molecule has 3 heteroatoms. The summed E-state index contributed by atoms with van der Waals surface area (Å²) in [5.41, 5.74) is 2.76.